The van der Waals surface area contributed by atoms with Gasteiger partial charge in [0.15, 0.2) is 0 Å². The molecule has 1 aliphatic rings. The lowest BCUT2D eigenvalue weighted by Crippen LogP contribution is -2.51. The van der Waals surface area contributed by atoms with Crippen LogP contribution in [0.25, 0.3) is 21.0 Å². The molecule has 4 heterocycles. The number of piperazine rings is 1. The third-order valence-corrected chi connectivity index (χ3v) is 9.73. The molecule has 1 amide bonds. The zero-order valence-corrected chi connectivity index (χ0v) is 23.4. The molecule has 200 valence electrons. The highest BCUT2D eigenvalue weighted by molar-refractivity contribution is 7.91. The number of nitrogens with zero attached hydrogens (tertiary/aromatic N) is 4. The Labute approximate surface area is 228 Å². The summed E-state index contributed by atoms with van der Waals surface area (Å²) in [4.78, 5) is 31.9. The minimum Gasteiger partial charge on any atom is -0.443 e. The number of anilines is 1. The number of amides is 1. The first kappa shape index (κ1) is 26.4. The molecule has 5 rings (SSSR count). The van der Waals surface area contributed by atoms with Crippen molar-refractivity contribution in [1.82, 2.24) is 18.8 Å². The van der Waals surface area contributed by atoms with Gasteiger partial charge in [-0.15, -0.1) is 11.3 Å². The van der Waals surface area contributed by atoms with Crippen LogP contribution in [0.3, 0.4) is 0 Å². The van der Waals surface area contributed by atoms with Crippen molar-refractivity contribution < 1.29 is 22.7 Å². The Morgan fingerprint density at radius 1 is 1.18 bits per heavy atom. The van der Waals surface area contributed by atoms with E-state index in [0.717, 1.165) is 21.4 Å². The Morgan fingerprint density at radius 3 is 2.66 bits per heavy atom. The topological polar surface area (TPSA) is 128 Å². The predicted octanol–water partition coefficient (Wildman–Crippen LogP) is 4.30. The number of nitrogens with two attached hydrogens (primary N) is 1. The molecule has 1 saturated heterocycles. The van der Waals surface area contributed by atoms with Crippen LogP contribution in [0.2, 0.25) is 5.02 Å². The second-order valence-electron chi connectivity index (χ2n) is 9.98. The summed E-state index contributed by atoms with van der Waals surface area (Å²) >= 11 is 7.16. The van der Waals surface area contributed by atoms with E-state index in [9.17, 15) is 18.0 Å². The highest BCUT2D eigenvalue weighted by atomic mass is 35.5. The summed E-state index contributed by atoms with van der Waals surface area (Å²) in [5.74, 6) is -0.131. The lowest BCUT2D eigenvalue weighted by Gasteiger charge is -2.33. The quantitative estimate of drug-likeness (QED) is 0.384. The first-order valence-electron chi connectivity index (χ1n) is 11.8. The van der Waals surface area contributed by atoms with Crippen LogP contribution in [0, 0.1) is 0 Å². The van der Waals surface area contributed by atoms with Crippen LogP contribution >= 0.6 is 22.9 Å². The van der Waals surface area contributed by atoms with Crippen LogP contribution in [0.5, 0.6) is 0 Å². The molecule has 0 bridgehead atoms. The van der Waals surface area contributed by atoms with Crippen molar-refractivity contribution in [1.29, 1.82) is 0 Å². The Kier molecular flexibility index (Phi) is 6.62. The number of aromatic nitrogens is 2. The molecule has 0 aliphatic carbocycles. The van der Waals surface area contributed by atoms with Crippen LogP contribution in [-0.2, 0) is 26.1 Å². The second-order valence-corrected chi connectivity index (χ2v) is 13.7. The molecule has 0 unspecified atom stereocenters. The fourth-order valence-electron chi connectivity index (χ4n) is 4.34. The van der Waals surface area contributed by atoms with Crippen LogP contribution in [0.1, 0.15) is 26.5 Å². The molecule has 10 nitrogen and oxygen atoms in total. The number of halogens is 1. The maximum Gasteiger partial charge on any atom is 0.419 e. The highest BCUT2D eigenvalue weighted by Crippen LogP contribution is 2.33. The summed E-state index contributed by atoms with van der Waals surface area (Å²) in [6, 6.07) is 10.2. The number of hydrogen-bond donors (Lipinski definition) is 1. The van der Waals surface area contributed by atoms with E-state index >= 15 is 0 Å². The van der Waals surface area contributed by atoms with Gasteiger partial charge >= 0.3 is 6.09 Å². The summed E-state index contributed by atoms with van der Waals surface area (Å²) in [5, 5.41) is 1.85. The third kappa shape index (κ3) is 4.96. The number of nitrogen functional groups attached to an aromatic ring is 1. The van der Waals surface area contributed by atoms with Crippen molar-refractivity contribution in [3.8, 4) is 0 Å². The zero-order chi connectivity index (χ0) is 27.4. The molecule has 4 aromatic rings. The minimum absolute atomic E-state index is 0.0709. The molecule has 0 spiro atoms. The van der Waals surface area contributed by atoms with Crippen molar-refractivity contribution in [3.05, 3.63) is 53.3 Å². The van der Waals surface area contributed by atoms with Crippen LogP contribution in [-0.4, -0.2) is 64.4 Å². The van der Waals surface area contributed by atoms with Crippen molar-refractivity contribution in [2.75, 3.05) is 25.4 Å². The third-order valence-electron chi connectivity index (χ3n) is 6.10. The van der Waals surface area contributed by atoms with E-state index in [1.165, 1.54) is 20.0 Å². The largest absolute Gasteiger partial charge is 0.443 e. The Bertz CT molecular complexity index is 1690. The number of pyridine rings is 1. The maximum atomic E-state index is 13.3. The van der Waals surface area contributed by atoms with Crippen molar-refractivity contribution in [2.45, 2.75) is 37.1 Å². The predicted molar refractivity (Wildman–Crippen MR) is 147 cm³/mol. The number of benzene rings is 1. The van der Waals surface area contributed by atoms with Gasteiger partial charge in [-0.1, -0.05) is 17.7 Å². The number of hydrogen-bond acceptors (Lipinski definition) is 8. The van der Waals surface area contributed by atoms with E-state index in [0.29, 0.717) is 21.6 Å². The Hall–Kier alpha value is -3.19. The Morgan fingerprint density at radius 2 is 1.95 bits per heavy atom. The molecule has 1 fully saturated rings. The van der Waals surface area contributed by atoms with Gasteiger partial charge in [0.1, 0.15) is 15.6 Å². The van der Waals surface area contributed by atoms with Gasteiger partial charge in [0.25, 0.3) is 10.0 Å². The zero-order valence-electron chi connectivity index (χ0n) is 21.0. The van der Waals surface area contributed by atoms with Crippen LogP contribution < -0.4 is 5.73 Å². The SMILES string of the molecule is CC(C)(C)OC(=O)n1c(CN2CCN(S(=O)(=O)c3cc4ccc(Cl)cc4s3)CC2=O)cc2c(N)nccc21. The van der Waals surface area contributed by atoms with E-state index in [-0.39, 0.29) is 42.1 Å². The summed E-state index contributed by atoms with van der Waals surface area (Å²) in [5.41, 5.74) is 6.31. The van der Waals surface area contributed by atoms with Crippen molar-refractivity contribution >= 4 is 71.8 Å². The summed E-state index contributed by atoms with van der Waals surface area (Å²) in [7, 11) is -3.88. The molecule has 0 saturated carbocycles. The lowest BCUT2D eigenvalue weighted by atomic mass is 10.2. The first-order valence-corrected chi connectivity index (χ1v) is 14.4. The smallest absolute Gasteiger partial charge is 0.419 e. The summed E-state index contributed by atoms with van der Waals surface area (Å²) in [6.07, 6.45) is 0.894. The van der Waals surface area contributed by atoms with Gasteiger partial charge in [-0.25, -0.2) is 22.8 Å². The number of ether oxygens (including phenoxy) is 1. The van der Waals surface area contributed by atoms with Gasteiger partial charge in [-0.05, 0) is 56.5 Å². The van der Waals surface area contributed by atoms with Gasteiger partial charge < -0.3 is 15.4 Å². The fourth-order valence-corrected chi connectivity index (χ4v) is 7.55. The maximum absolute atomic E-state index is 13.3. The van der Waals surface area contributed by atoms with Gasteiger partial charge in [0.2, 0.25) is 5.91 Å². The molecule has 1 aliphatic heterocycles. The van der Waals surface area contributed by atoms with E-state index < -0.39 is 21.7 Å². The lowest BCUT2D eigenvalue weighted by molar-refractivity contribution is -0.134. The summed E-state index contributed by atoms with van der Waals surface area (Å²) in [6.45, 7) is 5.31. The van der Waals surface area contributed by atoms with Crippen LogP contribution in [0.4, 0.5) is 10.6 Å². The molecular formula is C25H26ClN5O5S2. The molecule has 2 N–H and O–H groups in total. The molecule has 0 radical (unpaired) electrons. The number of carbonyl (C=O) groups excluding carboxylic acids is 2. The van der Waals surface area contributed by atoms with E-state index in [1.54, 1.807) is 57.2 Å². The number of rotatable bonds is 4. The van der Waals surface area contributed by atoms with Gasteiger partial charge in [0, 0.05) is 40.1 Å². The number of thiophene rings is 1. The average molecular weight is 576 g/mol. The molecule has 3 aromatic heterocycles. The second kappa shape index (κ2) is 9.53. The molecule has 0 atom stereocenters. The molecule has 13 heteroatoms. The number of sulfonamides is 1. The number of carbonyl (C=O) groups is 2. The van der Waals surface area contributed by atoms with Gasteiger partial charge in [-0.2, -0.15) is 4.31 Å². The van der Waals surface area contributed by atoms with Gasteiger partial charge in [0.05, 0.1) is 18.6 Å². The molecule has 1 aromatic carbocycles. The fraction of sp³-hybridized carbons (Fsp3) is 0.320. The monoisotopic (exact) mass is 575 g/mol. The Balaban J connectivity index is 1.39. The molecular weight excluding hydrogens is 550 g/mol. The standard InChI is InChI=1S/C25H26ClN5O5S2/c1-25(2,3)36-24(33)31-17(12-18-19(31)6-7-28-23(18)27)13-29-8-9-30(14-21(29)32)38(34,35)22-10-15-4-5-16(26)11-20(15)37-22/h4-7,10-12H,8-9,13-14H2,1-3H3,(H2,27,28). The van der Waals surface area contributed by atoms with E-state index in [2.05, 4.69) is 4.98 Å². The van der Waals surface area contributed by atoms with Gasteiger partial charge in [-0.3, -0.25) is 4.79 Å². The van der Waals surface area contributed by atoms with Crippen molar-refractivity contribution in [3.63, 3.8) is 0 Å². The van der Waals surface area contributed by atoms with Crippen LogP contribution in [0.15, 0.2) is 46.8 Å². The normalized spacial score (nSPS) is 15.5. The minimum atomic E-state index is -3.88. The first-order chi connectivity index (χ1) is 17.8. The van der Waals surface area contributed by atoms with E-state index in [1.807, 2.05) is 0 Å². The average Bonchev–Trinajstić information content (AvgIpc) is 3.41. The highest BCUT2D eigenvalue weighted by Gasteiger charge is 2.35. The summed E-state index contributed by atoms with van der Waals surface area (Å²) < 4.78 is 35.7. The number of fused-ring (bicyclic) bond motifs is 2. The molecule has 38 heavy (non-hydrogen) atoms. The van der Waals surface area contributed by atoms with Crippen molar-refractivity contribution in [2.24, 2.45) is 0 Å². The van der Waals surface area contributed by atoms with E-state index in [4.69, 9.17) is 22.1 Å².